The van der Waals surface area contributed by atoms with Gasteiger partial charge < -0.3 is 10.6 Å². The maximum atomic E-state index is 6.12. The van der Waals surface area contributed by atoms with E-state index in [1.54, 1.807) is 0 Å². The van der Waals surface area contributed by atoms with Crippen LogP contribution in [-0.4, -0.2) is 23.9 Å². The minimum absolute atomic E-state index is 0.223. The molecule has 0 spiro atoms. The number of guanidine groups is 1. The summed E-state index contributed by atoms with van der Waals surface area (Å²) in [6, 6.07) is 6.24. The number of nitrogens with zero attached hydrogens (tertiary/aromatic N) is 2. The Kier molecular flexibility index (Phi) is 3.94. The summed E-state index contributed by atoms with van der Waals surface area (Å²) in [7, 11) is 0. The Hall–Kier alpha value is -0.740. The second kappa shape index (κ2) is 5.27. The largest absolute Gasteiger partial charge is 0.370 e. The average Bonchev–Trinajstić information content (AvgIpc) is 2.66. The molecule has 0 saturated heterocycles. The van der Waals surface area contributed by atoms with Crippen molar-refractivity contribution in [2.24, 2.45) is 10.7 Å². The van der Waals surface area contributed by atoms with Crippen LogP contribution in [0.4, 0.5) is 0 Å². The van der Waals surface area contributed by atoms with Crippen molar-refractivity contribution in [1.82, 2.24) is 4.90 Å². The van der Waals surface area contributed by atoms with Crippen molar-refractivity contribution >= 4 is 33.5 Å². The Morgan fingerprint density at radius 1 is 1.59 bits per heavy atom. The SMILES string of the molecule is CCCN1C(N)=NCC1c1ccc(Br)c(Cl)c1. The summed E-state index contributed by atoms with van der Waals surface area (Å²) in [6.45, 7) is 3.77. The van der Waals surface area contributed by atoms with Gasteiger partial charge in [-0.1, -0.05) is 24.6 Å². The summed E-state index contributed by atoms with van der Waals surface area (Å²) < 4.78 is 0.914. The molecular weight excluding hydrogens is 302 g/mol. The molecule has 5 heteroatoms. The topological polar surface area (TPSA) is 41.6 Å². The molecule has 1 atom stereocenters. The summed E-state index contributed by atoms with van der Waals surface area (Å²) in [6.07, 6.45) is 1.05. The zero-order valence-corrected chi connectivity index (χ0v) is 12.0. The smallest absolute Gasteiger partial charge is 0.191 e. The Balaban J connectivity index is 2.25. The van der Waals surface area contributed by atoms with Gasteiger partial charge in [0.25, 0.3) is 0 Å². The van der Waals surface area contributed by atoms with Crippen molar-refractivity contribution in [3.8, 4) is 0 Å². The first kappa shape index (κ1) is 12.7. The second-order valence-corrected chi connectivity index (χ2v) is 5.34. The van der Waals surface area contributed by atoms with Crippen molar-refractivity contribution in [1.29, 1.82) is 0 Å². The molecule has 17 heavy (non-hydrogen) atoms. The van der Waals surface area contributed by atoms with Crippen LogP contribution in [0.25, 0.3) is 0 Å². The fourth-order valence-electron chi connectivity index (χ4n) is 2.05. The standard InChI is InChI=1S/C12H15BrClN3/c1-2-5-17-11(7-16-12(17)15)8-3-4-9(13)10(14)6-8/h3-4,6,11H,2,5,7H2,1H3,(H2,15,16). The Morgan fingerprint density at radius 2 is 2.35 bits per heavy atom. The molecule has 2 N–H and O–H groups in total. The van der Waals surface area contributed by atoms with Crippen LogP contribution in [0.3, 0.4) is 0 Å². The number of rotatable bonds is 3. The number of hydrogen-bond donors (Lipinski definition) is 1. The molecule has 2 rings (SSSR count). The molecule has 0 bridgehead atoms. The summed E-state index contributed by atoms with van der Waals surface area (Å²) in [5.74, 6) is 0.635. The molecule has 0 saturated carbocycles. The van der Waals surface area contributed by atoms with Crippen LogP contribution in [0.5, 0.6) is 0 Å². The predicted molar refractivity (Wildman–Crippen MR) is 75.4 cm³/mol. The molecule has 0 radical (unpaired) electrons. The highest BCUT2D eigenvalue weighted by atomic mass is 79.9. The van der Waals surface area contributed by atoms with Gasteiger partial charge in [0.2, 0.25) is 0 Å². The van der Waals surface area contributed by atoms with Gasteiger partial charge in [0.05, 0.1) is 17.6 Å². The van der Waals surface area contributed by atoms with Crippen molar-refractivity contribution in [2.45, 2.75) is 19.4 Å². The Labute approximate surface area is 115 Å². The number of benzene rings is 1. The van der Waals surface area contributed by atoms with Crippen LogP contribution in [0, 0.1) is 0 Å². The highest BCUT2D eigenvalue weighted by Crippen LogP contribution is 2.30. The minimum atomic E-state index is 0.223. The fraction of sp³-hybridized carbons (Fsp3) is 0.417. The molecule has 1 heterocycles. The first-order chi connectivity index (χ1) is 8.13. The van der Waals surface area contributed by atoms with E-state index in [1.165, 1.54) is 0 Å². The number of hydrogen-bond acceptors (Lipinski definition) is 3. The van der Waals surface area contributed by atoms with Gasteiger partial charge in [-0.05, 0) is 40.0 Å². The van der Waals surface area contributed by atoms with Crippen LogP contribution in [0.1, 0.15) is 24.9 Å². The van der Waals surface area contributed by atoms with Crippen LogP contribution in [0.15, 0.2) is 27.7 Å². The molecule has 1 aromatic rings. The fourth-order valence-corrected chi connectivity index (χ4v) is 2.48. The molecular formula is C12H15BrClN3. The average molecular weight is 317 g/mol. The van der Waals surface area contributed by atoms with Crippen LogP contribution < -0.4 is 5.73 Å². The number of halogens is 2. The second-order valence-electron chi connectivity index (χ2n) is 4.08. The van der Waals surface area contributed by atoms with E-state index in [4.69, 9.17) is 17.3 Å². The lowest BCUT2D eigenvalue weighted by molar-refractivity contribution is 0.347. The minimum Gasteiger partial charge on any atom is -0.370 e. The normalized spacial score (nSPS) is 19.6. The zero-order valence-electron chi connectivity index (χ0n) is 9.66. The van der Waals surface area contributed by atoms with Gasteiger partial charge >= 0.3 is 0 Å². The van der Waals surface area contributed by atoms with Gasteiger partial charge in [-0.15, -0.1) is 0 Å². The summed E-state index contributed by atoms with van der Waals surface area (Å²) >= 11 is 9.52. The summed E-state index contributed by atoms with van der Waals surface area (Å²) in [5.41, 5.74) is 7.06. The molecule has 1 aliphatic heterocycles. The van der Waals surface area contributed by atoms with Gasteiger partial charge in [-0.2, -0.15) is 0 Å². The van der Waals surface area contributed by atoms with E-state index in [-0.39, 0.29) is 6.04 Å². The molecule has 1 aliphatic rings. The third kappa shape index (κ3) is 2.58. The van der Waals surface area contributed by atoms with Crippen molar-refractivity contribution in [2.75, 3.05) is 13.1 Å². The third-order valence-electron chi connectivity index (χ3n) is 2.89. The van der Waals surface area contributed by atoms with E-state index >= 15 is 0 Å². The first-order valence-corrected chi connectivity index (χ1v) is 6.82. The van der Waals surface area contributed by atoms with Crippen LogP contribution in [-0.2, 0) is 0 Å². The summed E-state index contributed by atoms with van der Waals surface area (Å²) in [4.78, 5) is 6.45. The van der Waals surface area contributed by atoms with E-state index in [0.29, 0.717) is 12.5 Å². The quantitative estimate of drug-likeness (QED) is 0.930. The monoisotopic (exact) mass is 315 g/mol. The van der Waals surface area contributed by atoms with Gasteiger partial charge in [0.15, 0.2) is 5.96 Å². The highest BCUT2D eigenvalue weighted by Gasteiger charge is 2.26. The maximum absolute atomic E-state index is 6.12. The van der Waals surface area contributed by atoms with Crippen molar-refractivity contribution in [3.63, 3.8) is 0 Å². The maximum Gasteiger partial charge on any atom is 0.191 e. The van der Waals surface area contributed by atoms with E-state index in [9.17, 15) is 0 Å². The van der Waals surface area contributed by atoms with E-state index in [1.807, 2.05) is 12.1 Å². The van der Waals surface area contributed by atoms with Crippen molar-refractivity contribution < 1.29 is 0 Å². The molecule has 1 aromatic carbocycles. The number of nitrogens with two attached hydrogens (primary N) is 1. The van der Waals surface area contributed by atoms with Crippen LogP contribution in [0.2, 0.25) is 5.02 Å². The zero-order chi connectivity index (χ0) is 12.4. The third-order valence-corrected chi connectivity index (χ3v) is 4.12. The molecule has 0 aromatic heterocycles. The molecule has 1 unspecified atom stereocenters. The molecule has 3 nitrogen and oxygen atoms in total. The predicted octanol–water partition coefficient (Wildman–Crippen LogP) is 3.18. The molecule has 0 aliphatic carbocycles. The van der Waals surface area contributed by atoms with E-state index < -0.39 is 0 Å². The van der Waals surface area contributed by atoms with Crippen molar-refractivity contribution in [3.05, 3.63) is 33.3 Å². The lowest BCUT2D eigenvalue weighted by atomic mass is 10.1. The van der Waals surface area contributed by atoms with E-state index in [0.717, 1.165) is 28.0 Å². The summed E-state index contributed by atoms with van der Waals surface area (Å²) in [5, 5.41) is 0.726. The lowest BCUT2D eigenvalue weighted by Crippen LogP contribution is -2.36. The Bertz CT molecular complexity index is 447. The molecule has 0 fully saturated rings. The Morgan fingerprint density at radius 3 is 3.00 bits per heavy atom. The van der Waals surface area contributed by atoms with Gasteiger partial charge in [0.1, 0.15) is 0 Å². The first-order valence-electron chi connectivity index (χ1n) is 5.65. The number of aliphatic imine (C=N–C) groups is 1. The van der Waals surface area contributed by atoms with E-state index in [2.05, 4.69) is 38.8 Å². The van der Waals surface area contributed by atoms with Gasteiger partial charge in [-0.25, -0.2) is 0 Å². The highest BCUT2D eigenvalue weighted by molar-refractivity contribution is 9.10. The molecule has 92 valence electrons. The van der Waals surface area contributed by atoms with Gasteiger partial charge in [-0.3, -0.25) is 4.99 Å². The van der Waals surface area contributed by atoms with Crippen LogP contribution >= 0.6 is 27.5 Å². The molecule has 0 amide bonds. The lowest BCUT2D eigenvalue weighted by Gasteiger charge is -2.26. The van der Waals surface area contributed by atoms with Gasteiger partial charge in [0, 0.05) is 11.0 Å².